The van der Waals surface area contributed by atoms with Crippen LogP contribution >= 0.6 is 12.2 Å². The lowest BCUT2D eigenvalue weighted by atomic mass is 10.2. The van der Waals surface area contributed by atoms with Crippen molar-refractivity contribution in [2.45, 2.75) is 0 Å². The Labute approximate surface area is 82.6 Å². The second kappa shape index (κ2) is 5.25. The molecule has 0 fully saturated rings. The second-order valence-electron chi connectivity index (χ2n) is 2.31. The summed E-state index contributed by atoms with van der Waals surface area (Å²) in [5, 5.41) is 2.26. The van der Waals surface area contributed by atoms with Crippen molar-refractivity contribution in [3.05, 3.63) is 36.0 Å². The minimum absolute atomic E-state index is 0.843. The number of aliphatic imine (C=N–C) groups is 1. The zero-order valence-electron chi connectivity index (χ0n) is 7.23. The summed E-state index contributed by atoms with van der Waals surface area (Å²) in [5.74, 6) is 0.843. The SMILES string of the molecule is COc1ccc(/C=C/N=C=S)cc1. The molecule has 0 spiro atoms. The molecule has 0 amide bonds. The van der Waals surface area contributed by atoms with Gasteiger partial charge in [-0.25, -0.2) is 4.99 Å². The van der Waals surface area contributed by atoms with Crippen molar-refractivity contribution in [1.82, 2.24) is 0 Å². The first-order valence-electron chi connectivity index (χ1n) is 3.74. The van der Waals surface area contributed by atoms with E-state index in [4.69, 9.17) is 4.74 Å². The molecule has 0 atom stereocenters. The summed E-state index contributed by atoms with van der Waals surface area (Å²) in [7, 11) is 1.64. The Kier molecular flexibility index (Phi) is 3.89. The summed E-state index contributed by atoms with van der Waals surface area (Å²) in [6.45, 7) is 0. The molecule has 0 aromatic heterocycles. The van der Waals surface area contributed by atoms with E-state index in [2.05, 4.69) is 22.4 Å². The lowest BCUT2D eigenvalue weighted by molar-refractivity contribution is 0.415. The molecule has 0 saturated heterocycles. The number of ether oxygens (including phenoxy) is 1. The first kappa shape index (κ1) is 9.65. The third kappa shape index (κ3) is 3.20. The molecule has 1 aromatic carbocycles. The van der Waals surface area contributed by atoms with E-state index in [0.29, 0.717) is 0 Å². The predicted molar refractivity (Wildman–Crippen MR) is 57.1 cm³/mol. The summed E-state index contributed by atoms with van der Waals surface area (Å²) in [4.78, 5) is 3.66. The Bertz CT molecular complexity index is 336. The maximum Gasteiger partial charge on any atom is 0.118 e. The van der Waals surface area contributed by atoms with E-state index in [1.807, 2.05) is 30.3 Å². The fourth-order valence-corrected chi connectivity index (χ4v) is 0.930. The van der Waals surface area contributed by atoms with Crippen LogP contribution in [-0.2, 0) is 0 Å². The molecule has 0 bridgehead atoms. The predicted octanol–water partition coefficient (Wildman–Crippen LogP) is 2.77. The fourth-order valence-electron chi connectivity index (χ4n) is 0.869. The van der Waals surface area contributed by atoms with E-state index in [-0.39, 0.29) is 0 Å². The number of thiocarbonyl (C=S) groups is 1. The summed E-state index contributed by atoms with van der Waals surface area (Å²) in [6, 6.07) is 7.66. The highest BCUT2D eigenvalue weighted by molar-refractivity contribution is 7.78. The normalized spacial score (nSPS) is 9.62. The van der Waals surface area contributed by atoms with Crippen LogP contribution < -0.4 is 4.74 Å². The second-order valence-corrected chi connectivity index (χ2v) is 2.49. The Morgan fingerprint density at radius 3 is 2.62 bits per heavy atom. The van der Waals surface area contributed by atoms with Crippen LogP contribution in [0.2, 0.25) is 0 Å². The lowest BCUT2D eigenvalue weighted by Gasteiger charge is -1.98. The van der Waals surface area contributed by atoms with E-state index < -0.39 is 0 Å². The van der Waals surface area contributed by atoms with Gasteiger partial charge in [-0.3, -0.25) is 0 Å². The Balaban J connectivity index is 2.74. The molecule has 0 N–H and O–H groups in total. The highest BCUT2D eigenvalue weighted by Crippen LogP contribution is 2.11. The Morgan fingerprint density at radius 1 is 1.38 bits per heavy atom. The highest BCUT2D eigenvalue weighted by Gasteiger charge is 1.88. The summed E-state index contributed by atoms with van der Waals surface area (Å²) < 4.78 is 5.02. The number of rotatable bonds is 3. The van der Waals surface area contributed by atoms with Crippen LogP contribution in [0.3, 0.4) is 0 Å². The van der Waals surface area contributed by atoms with Crippen molar-refractivity contribution in [3.8, 4) is 5.75 Å². The van der Waals surface area contributed by atoms with Crippen LogP contribution in [0.1, 0.15) is 5.56 Å². The number of hydrogen-bond acceptors (Lipinski definition) is 3. The van der Waals surface area contributed by atoms with Crippen molar-refractivity contribution < 1.29 is 4.74 Å². The van der Waals surface area contributed by atoms with Gasteiger partial charge in [-0.15, -0.1) is 0 Å². The summed E-state index contributed by atoms with van der Waals surface area (Å²) in [5.41, 5.74) is 1.05. The molecule has 0 unspecified atom stereocenters. The van der Waals surface area contributed by atoms with Crippen molar-refractivity contribution in [3.63, 3.8) is 0 Å². The topological polar surface area (TPSA) is 21.6 Å². The van der Waals surface area contributed by atoms with Gasteiger partial charge in [0.15, 0.2) is 0 Å². The molecule has 2 nitrogen and oxygen atoms in total. The minimum atomic E-state index is 0.843. The molecule has 1 aromatic rings. The van der Waals surface area contributed by atoms with Gasteiger partial charge in [0.25, 0.3) is 0 Å². The lowest BCUT2D eigenvalue weighted by Crippen LogP contribution is -1.81. The third-order valence-electron chi connectivity index (χ3n) is 1.51. The van der Waals surface area contributed by atoms with E-state index >= 15 is 0 Å². The Hall–Kier alpha value is -1.44. The van der Waals surface area contributed by atoms with E-state index in [0.717, 1.165) is 11.3 Å². The van der Waals surface area contributed by atoms with Crippen LogP contribution in [0.4, 0.5) is 0 Å². The minimum Gasteiger partial charge on any atom is -0.497 e. The van der Waals surface area contributed by atoms with Crippen LogP contribution in [0, 0.1) is 0 Å². The van der Waals surface area contributed by atoms with Crippen LogP contribution in [0.5, 0.6) is 5.75 Å². The van der Waals surface area contributed by atoms with Gasteiger partial charge < -0.3 is 4.74 Å². The molecule has 0 radical (unpaired) electrons. The molecule has 0 aliphatic rings. The Morgan fingerprint density at radius 2 is 2.08 bits per heavy atom. The van der Waals surface area contributed by atoms with Gasteiger partial charge in [-0.1, -0.05) is 12.1 Å². The average molecular weight is 191 g/mol. The van der Waals surface area contributed by atoms with Crippen molar-refractivity contribution >= 4 is 23.5 Å². The van der Waals surface area contributed by atoms with Crippen molar-refractivity contribution in [2.24, 2.45) is 4.99 Å². The molecule has 66 valence electrons. The third-order valence-corrected chi connectivity index (χ3v) is 1.62. The smallest absolute Gasteiger partial charge is 0.118 e. The number of benzene rings is 1. The first-order valence-corrected chi connectivity index (χ1v) is 4.15. The maximum atomic E-state index is 5.02. The largest absolute Gasteiger partial charge is 0.497 e. The maximum absolute atomic E-state index is 5.02. The zero-order chi connectivity index (χ0) is 9.52. The van der Waals surface area contributed by atoms with Gasteiger partial charge in [0, 0.05) is 6.20 Å². The number of methoxy groups -OCH3 is 1. The van der Waals surface area contributed by atoms with Gasteiger partial charge >= 0.3 is 0 Å². The standard InChI is InChI=1S/C10H9NOS/c1-12-10-4-2-9(3-5-10)6-7-11-8-13/h2-7H,1H3/b7-6+. The van der Waals surface area contributed by atoms with Gasteiger partial charge in [-0.05, 0) is 36.0 Å². The van der Waals surface area contributed by atoms with Crippen molar-refractivity contribution in [1.29, 1.82) is 0 Å². The molecule has 0 aliphatic carbocycles. The summed E-state index contributed by atoms with van der Waals surface area (Å²) >= 11 is 4.42. The number of nitrogens with zero attached hydrogens (tertiary/aromatic N) is 1. The quantitative estimate of drug-likeness (QED) is 0.541. The van der Waals surface area contributed by atoms with Gasteiger partial charge in [0.2, 0.25) is 0 Å². The summed E-state index contributed by atoms with van der Waals surface area (Å²) in [6.07, 6.45) is 3.45. The fraction of sp³-hybridized carbons (Fsp3) is 0.100. The average Bonchev–Trinajstić information content (AvgIpc) is 2.19. The molecule has 0 aliphatic heterocycles. The number of hydrogen-bond donors (Lipinski definition) is 0. The molecule has 13 heavy (non-hydrogen) atoms. The zero-order valence-corrected chi connectivity index (χ0v) is 8.04. The van der Waals surface area contributed by atoms with E-state index in [1.54, 1.807) is 13.3 Å². The van der Waals surface area contributed by atoms with Crippen LogP contribution in [0.15, 0.2) is 35.5 Å². The van der Waals surface area contributed by atoms with Crippen molar-refractivity contribution in [2.75, 3.05) is 7.11 Å². The monoisotopic (exact) mass is 191 g/mol. The van der Waals surface area contributed by atoms with Gasteiger partial charge in [0.1, 0.15) is 5.75 Å². The molecule has 1 rings (SSSR count). The molecule has 0 heterocycles. The molecule has 0 saturated carbocycles. The molecule has 3 heteroatoms. The van der Waals surface area contributed by atoms with Gasteiger partial charge in [-0.2, -0.15) is 0 Å². The van der Waals surface area contributed by atoms with E-state index in [9.17, 15) is 0 Å². The van der Waals surface area contributed by atoms with E-state index in [1.165, 1.54) is 0 Å². The number of isothiocyanates is 1. The molecular formula is C10H9NOS. The van der Waals surface area contributed by atoms with Crippen LogP contribution in [-0.4, -0.2) is 12.3 Å². The molecular weight excluding hydrogens is 182 g/mol. The highest BCUT2D eigenvalue weighted by atomic mass is 32.1. The first-order chi connectivity index (χ1) is 6.36. The van der Waals surface area contributed by atoms with Gasteiger partial charge in [0.05, 0.1) is 12.3 Å². The van der Waals surface area contributed by atoms with Crippen LogP contribution in [0.25, 0.3) is 6.08 Å².